The molecule has 0 radical (unpaired) electrons. The standard InChI is InChI=1S/C28H24FN5OS/c1-19-2-11-25-26(16-19)36-27(32-25)20-3-7-23(8-4-20)31-18-21(17-30)28(35)34-14-12-33(13-15-34)24-9-5-22(29)6-10-24/h2-11,16,18,31H,12-15H2,1H3/b21-18-. The quantitative estimate of drug-likeness (QED) is 0.288. The van der Waals surface area contributed by atoms with Crippen LogP contribution in [0.5, 0.6) is 0 Å². The number of carbonyl (C=O) groups is 1. The smallest absolute Gasteiger partial charge is 0.266 e. The minimum atomic E-state index is -0.301. The van der Waals surface area contributed by atoms with Crippen LogP contribution in [0.1, 0.15) is 5.56 Å². The molecular formula is C28H24FN5OS. The third-order valence-electron chi connectivity index (χ3n) is 6.17. The van der Waals surface area contributed by atoms with Crippen molar-refractivity contribution in [1.29, 1.82) is 5.26 Å². The SMILES string of the molecule is Cc1ccc2nc(-c3ccc(N/C=C(/C#N)C(=O)N4CCN(c5ccc(F)cc5)CC4)cc3)sc2c1. The number of thiazole rings is 1. The van der Waals surface area contributed by atoms with E-state index in [1.807, 2.05) is 36.4 Å². The lowest BCUT2D eigenvalue weighted by atomic mass is 10.2. The molecule has 5 rings (SSSR count). The first-order valence-electron chi connectivity index (χ1n) is 11.6. The summed E-state index contributed by atoms with van der Waals surface area (Å²) in [4.78, 5) is 21.4. The van der Waals surface area contributed by atoms with Gasteiger partial charge in [-0.2, -0.15) is 5.26 Å². The Bertz CT molecular complexity index is 1460. The molecule has 1 amide bonds. The Morgan fingerprint density at radius 2 is 1.78 bits per heavy atom. The number of nitrogens with zero attached hydrogens (tertiary/aromatic N) is 4. The predicted octanol–water partition coefficient (Wildman–Crippen LogP) is 5.58. The van der Waals surface area contributed by atoms with Gasteiger partial charge in [0.1, 0.15) is 22.5 Å². The van der Waals surface area contributed by atoms with Crippen molar-refractivity contribution in [2.24, 2.45) is 0 Å². The van der Waals surface area contributed by atoms with Crippen molar-refractivity contribution in [2.75, 3.05) is 36.4 Å². The van der Waals surface area contributed by atoms with E-state index in [4.69, 9.17) is 4.98 Å². The highest BCUT2D eigenvalue weighted by Crippen LogP contribution is 2.31. The van der Waals surface area contributed by atoms with Crippen LogP contribution in [-0.2, 0) is 4.79 Å². The summed E-state index contributed by atoms with van der Waals surface area (Å²) < 4.78 is 14.3. The van der Waals surface area contributed by atoms with Crippen molar-refractivity contribution in [2.45, 2.75) is 6.92 Å². The molecule has 1 aliphatic rings. The summed E-state index contributed by atoms with van der Waals surface area (Å²) in [5, 5.41) is 13.6. The topological polar surface area (TPSA) is 72.3 Å². The zero-order valence-corrected chi connectivity index (χ0v) is 20.6. The van der Waals surface area contributed by atoms with Crippen molar-refractivity contribution in [3.05, 3.63) is 89.9 Å². The van der Waals surface area contributed by atoms with Gasteiger partial charge in [0.05, 0.1) is 10.2 Å². The third-order valence-corrected chi connectivity index (χ3v) is 7.24. The first-order chi connectivity index (χ1) is 17.5. The van der Waals surface area contributed by atoms with E-state index in [1.54, 1.807) is 28.4 Å². The van der Waals surface area contributed by atoms with Gasteiger partial charge in [0.25, 0.3) is 5.91 Å². The molecule has 4 aromatic rings. The van der Waals surface area contributed by atoms with Crippen LogP contribution in [0, 0.1) is 24.1 Å². The van der Waals surface area contributed by atoms with Crippen LogP contribution in [0.3, 0.4) is 0 Å². The number of amides is 1. The number of hydrogen-bond acceptors (Lipinski definition) is 6. The van der Waals surface area contributed by atoms with Gasteiger partial charge in [-0.3, -0.25) is 4.79 Å². The third kappa shape index (κ3) is 5.07. The second-order valence-electron chi connectivity index (χ2n) is 8.64. The highest BCUT2D eigenvalue weighted by atomic mass is 32.1. The molecule has 0 bridgehead atoms. The Morgan fingerprint density at radius 1 is 1.06 bits per heavy atom. The molecule has 3 aromatic carbocycles. The van der Waals surface area contributed by atoms with Crippen molar-refractivity contribution >= 4 is 38.8 Å². The molecule has 2 heterocycles. The van der Waals surface area contributed by atoms with Crippen LogP contribution in [0.2, 0.25) is 0 Å². The average molecular weight is 498 g/mol. The normalized spacial score (nSPS) is 14.1. The number of nitriles is 1. The van der Waals surface area contributed by atoms with E-state index in [0.29, 0.717) is 26.2 Å². The van der Waals surface area contributed by atoms with Crippen LogP contribution in [0.15, 0.2) is 78.5 Å². The largest absolute Gasteiger partial charge is 0.368 e. The number of hydrogen-bond donors (Lipinski definition) is 1. The van der Waals surface area contributed by atoms with Crippen molar-refractivity contribution in [3.63, 3.8) is 0 Å². The lowest BCUT2D eigenvalue weighted by Gasteiger charge is -2.36. The number of rotatable bonds is 5. The van der Waals surface area contributed by atoms with E-state index in [9.17, 15) is 14.4 Å². The molecule has 1 fully saturated rings. The van der Waals surface area contributed by atoms with Crippen molar-refractivity contribution < 1.29 is 9.18 Å². The number of piperazine rings is 1. The summed E-state index contributed by atoms with van der Waals surface area (Å²) in [6.07, 6.45) is 1.46. The van der Waals surface area contributed by atoms with E-state index in [1.165, 1.54) is 23.9 Å². The van der Waals surface area contributed by atoms with Gasteiger partial charge in [-0.15, -0.1) is 11.3 Å². The van der Waals surface area contributed by atoms with Gasteiger partial charge in [-0.1, -0.05) is 6.07 Å². The number of fused-ring (bicyclic) bond motifs is 1. The Balaban J connectivity index is 1.21. The molecular weight excluding hydrogens is 473 g/mol. The van der Waals surface area contributed by atoms with Crippen LogP contribution < -0.4 is 10.2 Å². The fourth-order valence-corrected chi connectivity index (χ4v) is 5.22. The molecule has 0 unspecified atom stereocenters. The zero-order chi connectivity index (χ0) is 25.1. The van der Waals surface area contributed by atoms with Crippen LogP contribution >= 0.6 is 11.3 Å². The van der Waals surface area contributed by atoms with Gasteiger partial charge >= 0.3 is 0 Å². The van der Waals surface area contributed by atoms with Gasteiger partial charge in [0.2, 0.25) is 0 Å². The van der Waals surface area contributed by atoms with E-state index >= 15 is 0 Å². The summed E-state index contributed by atoms with van der Waals surface area (Å²) in [5.41, 5.74) is 4.96. The van der Waals surface area contributed by atoms with E-state index in [0.717, 1.165) is 32.2 Å². The number of aryl methyl sites for hydroxylation is 1. The highest BCUT2D eigenvalue weighted by molar-refractivity contribution is 7.21. The van der Waals surface area contributed by atoms with Gasteiger partial charge < -0.3 is 15.1 Å². The van der Waals surface area contributed by atoms with Crippen LogP contribution in [-0.4, -0.2) is 42.0 Å². The van der Waals surface area contributed by atoms with Gasteiger partial charge in [-0.05, 0) is 73.2 Å². The molecule has 36 heavy (non-hydrogen) atoms. The minimum Gasteiger partial charge on any atom is -0.368 e. The molecule has 0 aliphatic carbocycles. The number of anilines is 2. The maximum atomic E-state index is 13.2. The number of halogens is 1. The minimum absolute atomic E-state index is 0.0517. The second-order valence-corrected chi connectivity index (χ2v) is 9.67. The van der Waals surface area contributed by atoms with Gasteiger partial charge in [-0.25, -0.2) is 9.37 Å². The molecule has 8 heteroatoms. The zero-order valence-electron chi connectivity index (χ0n) is 19.7. The number of benzene rings is 3. The number of nitrogens with one attached hydrogen (secondary N) is 1. The first-order valence-corrected chi connectivity index (χ1v) is 12.5. The monoisotopic (exact) mass is 497 g/mol. The molecule has 0 atom stereocenters. The molecule has 0 saturated carbocycles. The van der Waals surface area contributed by atoms with Crippen molar-refractivity contribution in [1.82, 2.24) is 9.88 Å². The molecule has 1 aromatic heterocycles. The van der Waals surface area contributed by atoms with E-state index in [2.05, 4.69) is 29.3 Å². The number of aromatic nitrogens is 1. The summed E-state index contributed by atoms with van der Waals surface area (Å²) in [6, 6.07) is 22.4. The highest BCUT2D eigenvalue weighted by Gasteiger charge is 2.24. The maximum Gasteiger partial charge on any atom is 0.266 e. The summed E-state index contributed by atoms with van der Waals surface area (Å²) in [7, 11) is 0. The molecule has 6 nitrogen and oxygen atoms in total. The molecule has 1 N–H and O–H groups in total. The lowest BCUT2D eigenvalue weighted by Crippen LogP contribution is -2.49. The summed E-state index contributed by atoms with van der Waals surface area (Å²) in [6.45, 7) is 4.30. The molecule has 0 spiro atoms. The predicted molar refractivity (Wildman–Crippen MR) is 142 cm³/mol. The Morgan fingerprint density at radius 3 is 2.47 bits per heavy atom. The second kappa shape index (κ2) is 10.2. The fourth-order valence-electron chi connectivity index (χ4n) is 4.15. The fraction of sp³-hybridized carbons (Fsp3) is 0.179. The Labute approximate surface area is 212 Å². The van der Waals surface area contributed by atoms with E-state index in [-0.39, 0.29) is 17.3 Å². The molecule has 1 aliphatic heterocycles. The van der Waals surface area contributed by atoms with Crippen LogP contribution in [0.25, 0.3) is 20.8 Å². The lowest BCUT2D eigenvalue weighted by molar-refractivity contribution is -0.127. The van der Waals surface area contributed by atoms with Gasteiger partial charge in [0.15, 0.2) is 0 Å². The Kier molecular flexibility index (Phi) is 6.65. The van der Waals surface area contributed by atoms with E-state index < -0.39 is 0 Å². The van der Waals surface area contributed by atoms with Crippen LogP contribution in [0.4, 0.5) is 15.8 Å². The molecule has 1 saturated heterocycles. The first kappa shape index (κ1) is 23.5. The van der Waals surface area contributed by atoms with Crippen molar-refractivity contribution in [3.8, 4) is 16.6 Å². The average Bonchev–Trinajstić information content (AvgIpc) is 3.33. The molecule has 180 valence electrons. The summed E-state index contributed by atoms with van der Waals surface area (Å²) >= 11 is 1.65. The van der Waals surface area contributed by atoms with Gasteiger partial charge in [0, 0.05) is 49.3 Å². The summed E-state index contributed by atoms with van der Waals surface area (Å²) in [5.74, 6) is -0.574. The number of carbonyl (C=O) groups excluding carboxylic acids is 1. The maximum absolute atomic E-state index is 13.2. The Hall–Kier alpha value is -4.22.